The van der Waals surface area contributed by atoms with Crippen LogP contribution in [0.25, 0.3) is 10.6 Å². The number of amides is 2. The molecule has 0 spiro atoms. The zero-order chi connectivity index (χ0) is 18.4. The molecule has 1 aromatic carbocycles. The number of nitrogens with zero attached hydrogens (tertiary/aromatic N) is 3. The van der Waals surface area contributed by atoms with Crippen LogP contribution in [0.3, 0.4) is 0 Å². The molecule has 0 saturated heterocycles. The maximum atomic E-state index is 13.3. The number of carbonyl (C=O) groups excluding carboxylic acids is 2. The van der Waals surface area contributed by atoms with E-state index < -0.39 is 0 Å². The van der Waals surface area contributed by atoms with Gasteiger partial charge in [0.15, 0.2) is 0 Å². The highest BCUT2D eigenvalue weighted by atomic mass is 32.1. The Kier molecular flexibility index (Phi) is 6.64. The molecule has 1 aromatic heterocycles. The second-order valence-corrected chi connectivity index (χ2v) is 6.51. The first kappa shape index (κ1) is 19.1. The fourth-order valence-corrected chi connectivity index (χ4v) is 3.22. The van der Waals surface area contributed by atoms with Gasteiger partial charge in [-0.1, -0.05) is 12.1 Å². The fourth-order valence-electron chi connectivity index (χ4n) is 2.40. The van der Waals surface area contributed by atoms with Gasteiger partial charge >= 0.3 is 0 Å². The molecule has 2 aromatic rings. The van der Waals surface area contributed by atoms with Crippen LogP contribution in [-0.2, 0) is 16.0 Å². The Morgan fingerprint density at radius 1 is 1.20 bits per heavy atom. The number of carbonyl (C=O) groups is 2. The van der Waals surface area contributed by atoms with E-state index in [1.807, 2.05) is 13.8 Å². The third-order valence-electron chi connectivity index (χ3n) is 3.87. The lowest BCUT2D eigenvalue weighted by molar-refractivity contribution is -0.138. The molecular weight excluding hydrogens is 341 g/mol. The monoisotopic (exact) mass is 363 g/mol. The summed E-state index contributed by atoms with van der Waals surface area (Å²) >= 11 is 1.37. The minimum Gasteiger partial charge on any atom is -0.342 e. The number of hydrogen-bond acceptors (Lipinski definition) is 4. The molecule has 0 fully saturated rings. The first-order valence-corrected chi connectivity index (χ1v) is 9.04. The van der Waals surface area contributed by atoms with Gasteiger partial charge in [-0.2, -0.15) is 0 Å². The SMILES string of the molecule is CCN(CC)C(=O)CN(C)C(=O)Cc1csc(-c2cccc(F)c2)n1. The molecule has 5 nitrogen and oxygen atoms in total. The molecule has 0 N–H and O–H groups in total. The van der Waals surface area contributed by atoms with Gasteiger partial charge in [0, 0.05) is 31.1 Å². The summed E-state index contributed by atoms with van der Waals surface area (Å²) < 4.78 is 13.3. The highest BCUT2D eigenvalue weighted by Gasteiger charge is 2.18. The molecule has 2 amide bonds. The molecule has 2 rings (SSSR count). The Morgan fingerprint density at radius 2 is 1.92 bits per heavy atom. The third kappa shape index (κ3) is 5.09. The summed E-state index contributed by atoms with van der Waals surface area (Å²) in [6, 6.07) is 6.20. The first-order valence-electron chi connectivity index (χ1n) is 8.16. The van der Waals surface area contributed by atoms with Gasteiger partial charge in [0.2, 0.25) is 11.8 Å². The van der Waals surface area contributed by atoms with Crippen LogP contribution in [0, 0.1) is 5.82 Å². The maximum absolute atomic E-state index is 13.3. The lowest BCUT2D eigenvalue weighted by atomic mass is 10.2. The van der Waals surface area contributed by atoms with Crippen LogP contribution in [0.1, 0.15) is 19.5 Å². The predicted molar refractivity (Wildman–Crippen MR) is 96.8 cm³/mol. The Hall–Kier alpha value is -2.28. The van der Waals surface area contributed by atoms with Crippen LogP contribution >= 0.6 is 11.3 Å². The number of hydrogen-bond donors (Lipinski definition) is 0. The largest absolute Gasteiger partial charge is 0.342 e. The highest BCUT2D eigenvalue weighted by Crippen LogP contribution is 2.24. The summed E-state index contributed by atoms with van der Waals surface area (Å²) in [5, 5.41) is 2.46. The summed E-state index contributed by atoms with van der Waals surface area (Å²) in [6.07, 6.45) is 0.119. The summed E-state index contributed by atoms with van der Waals surface area (Å²) in [4.78, 5) is 31.9. The number of halogens is 1. The summed E-state index contributed by atoms with van der Waals surface area (Å²) in [5.74, 6) is -0.559. The van der Waals surface area contributed by atoms with Crippen molar-refractivity contribution in [3.8, 4) is 10.6 Å². The second-order valence-electron chi connectivity index (χ2n) is 5.65. The van der Waals surface area contributed by atoms with E-state index in [4.69, 9.17) is 0 Å². The quantitative estimate of drug-likeness (QED) is 0.760. The van der Waals surface area contributed by atoms with Crippen molar-refractivity contribution in [1.82, 2.24) is 14.8 Å². The van der Waals surface area contributed by atoms with E-state index in [1.165, 1.54) is 28.4 Å². The third-order valence-corrected chi connectivity index (χ3v) is 4.81. The van der Waals surface area contributed by atoms with Crippen molar-refractivity contribution >= 4 is 23.2 Å². The van der Waals surface area contributed by atoms with Crippen molar-refractivity contribution in [1.29, 1.82) is 0 Å². The Labute approximate surface area is 151 Å². The standard InChI is InChI=1S/C18H22FN3O2S/c1-4-22(5-2)17(24)11-21(3)16(23)10-15-12-25-18(20-15)13-7-6-8-14(19)9-13/h6-9,12H,4-5,10-11H2,1-3H3. The molecular formula is C18H22FN3O2S. The van der Waals surface area contributed by atoms with Gasteiger partial charge in [-0.25, -0.2) is 9.37 Å². The zero-order valence-corrected chi connectivity index (χ0v) is 15.5. The molecule has 0 aliphatic rings. The van der Waals surface area contributed by atoms with E-state index in [1.54, 1.807) is 29.5 Å². The van der Waals surface area contributed by atoms with Crippen molar-refractivity contribution in [2.24, 2.45) is 0 Å². The number of aromatic nitrogens is 1. The van der Waals surface area contributed by atoms with Crippen molar-refractivity contribution < 1.29 is 14.0 Å². The Balaban J connectivity index is 1.98. The Bertz CT molecular complexity index is 743. The van der Waals surface area contributed by atoms with Gasteiger partial charge in [0.05, 0.1) is 18.7 Å². The van der Waals surface area contributed by atoms with Gasteiger partial charge in [0.1, 0.15) is 10.8 Å². The molecule has 25 heavy (non-hydrogen) atoms. The molecule has 7 heteroatoms. The van der Waals surface area contributed by atoms with Crippen LogP contribution < -0.4 is 0 Å². The number of rotatable bonds is 7. The lowest BCUT2D eigenvalue weighted by Crippen LogP contribution is -2.41. The molecule has 0 atom stereocenters. The van der Waals surface area contributed by atoms with E-state index in [0.717, 1.165) is 0 Å². The molecule has 0 saturated carbocycles. The number of benzene rings is 1. The molecule has 0 aliphatic heterocycles. The van der Waals surface area contributed by atoms with Gasteiger partial charge in [-0.05, 0) is 26.0 Å². The zero-order valence-electron chi connectivity index (χ0n) is 14.7. The number of thiazole rings is 1. The summed E-state index contributed by atoms with van der Waals surface area (Å²) in [7, 11) is 1.61. The van der Waals surface area contributed by atoms with Crippen LogP contribution in [0.5, 0.6) is 0 Å². The smallest absolute Gasteiger partial charge is 0.242 e. The molecule has 134 valence electrons. The van der Waals surface area contributed by atoms with Crippen LogP contribution in [-0.4, -0.2) is 53.3 Å². The van der Waals surface area contributed by atoms with Crippen LogP contribution in [0.4, 0.5) is 4.39 Å². The van der Waals surface area contributed by atoms with Crippen molar-refractivity contribution in [2.75, 3.05) is 26.7 Å². The van der Waals surface area contributed by atoms with E-state index >= 15 is 0 Å². The summed E-state index contributed by atoms with van der Waals surface area (Å²) in [5.41, 5.74) is 1.31. The molecule has 0 radical (unpaired) electrons. The number of likely N-dealkylation sites (N-methyl/N-ethyl adjacent to an activating group) is 2. The molecule has 0 bridgehead atoms. The lowest BCUT2D eigenvalue weighted by Gasteiger charge is -2.23. The van der Waals surface area contributed by atoms with Gasteiger partial charge in [-0.15, -0.1) is 11.3 Å². The summed E-state index contributed by atoms with van der Waals surface area (Å²) in [6.45, 7) is 5.13. The first-order chi connectivity index (χ1) is 11.9. The van der Waals surface area contributed by atoms with Crippen LogP contribution in [0.2, 0.25) is 0 Å². The van der Waals surface area contributed by atoms with E-state index in [9.17, 15) is 14.0 Å². The average Bonchev–Trinajstić information content (AvgIpc) is 3.04. The minimum absolute atomic E-state index is 0.0569. The van der Waals surface area contributed by atoms with Crippen molar-refractivity contribution in [3.63, 3.8) is 0 Å². The molecule has 1 heterocycles. The maximum Gasteiger partial charge on any atom is 0.242 e. The molecule has 0 unspecified atom stereocenters. The van der Waals surface area contributed by atoms with Gasteiger partial charge < -0.3 is 9.80 Å². The van der Waals surface area contributed by atoms with E-state index in [-0.39, 0.29) is 30.6 Å². The highest BCUT2D eigenvalue weighted by molar-refractivity contribution is 7.13. The minimum atomic E-state index is -0.319. The average molecular weight is 363 g/mol. The topological polar surface area (TPSA) is 53.5 Å². The second kappa shape index (κ2) is 8.71. The van der Waals surface area contributed by atoms with E-state index in [0.29, 0.717) is 29.4 Å². The Morgan fingerprint density at radius 3 is 2.56 bits per heavy atom. The van der Waals surface area contributed by atoms with Crippen LogP contribution in [0.15, 0.2) is 29.6 Å². The predicted octanol–water partition coefficient (Wildman–Crippen LogP) is 2.82. The van der Waals surface area contributed by atoms with E-state index in [2.05, 4.69) is 4.98 Å². The van der Waals surface area contributed by atoms with Gasteiger partial charge in [0.25, 0.3) is 0 Å². The normalized spacial score (nSPS) is 10.6. The van der Waals surface area contributed by atoms with Crippen molar-refractivity contribution in [3.05, 3.63) is 41.2 Å². The fraction of sp³-hybridized carbons (Fsp3) is 0.389. The molecule has 0 aliphatic carbocycles. The van der Waals surface area contributed by atoms with Gasteiger partial charge in [-0.3, -0.25) is 9.59 Å². The van der Waals surface area contributed by atoms with Crippen molar-refractivity contribution in [2.45, 2.75) is 20.3 Å².